The molecule has 1 aliphatic heterocycles. The molecule has 1 aliphatic rings. The van der Waals surface area contributed by atoms with Crippen LogP contribution in [-0.4, -0.2) is 74.8 Å². The summed E-state index contributed by atoms with van der Waals surface area (Å²) in [6.07, 6.45) is 3.27. The standard InChI is InChI=1S/C29H32F2N6O4S2/c1-42(38,39)26-7-5-21(6-8-26)28(23-15-24(30)18-25(31)16-23)11-14-37-12-9-20(10-13-37)19-32-43(40,41)27-4-2-3-22(17-27)29-33-35-36-34-29/h2-8,15-18,20,28,32H,9-14,19H2,1H3,(H,33,34,35,36)/t28-/m1/s1. The van der Waals surface area contributed by atoms with Gasteiger partial charge in [0, 0.05) is 30.3 Å². The molecule has 14 heteroatoms. The fourth-order valence-corrected chi connectivity index (χ4v) is 7.17. The SMILES string of the molecule is CS(=O)(=O)c1ccc([C@@H](CCN2CCC(CNS(=O)(=O)c3cccc(-c4nnn[nH]4)c3)CC2)c2cc(F)cc(F)c2)cc1. The number of hydrogen-bond donors (Lipinski definition) is 2. The Labute approximate surface area is 249 Å². The number of tetrazole rings is 1. The molecule has 0 spiro atoms. The van der Waals surface area contributed by atoms with Gasteiger partial charge in [0.15, 0.2) is 15.7 Å². The lowest BCUT2D eigenvalue weighted by Gasteiger charge is -2.33. The smallest absolute Gasteiger partial charge is 0.240 e. The van der Waals surface area contributed by atoms with Gasteiger partial charge in [-0.1, -0.05) is 24.3 Å². The van der Waals surface area contributed by atoms with Crippen molar-refractivity contribution in [2.75, 3.05) is 32.4 Å². The molecule has 4 aromatic rings. The number of likely N-dealkylation sites (tertiary alicyclic amines) is 1. The summed E-state index contributed by atoms with van der Waals surface area (Å²) >= 11 is 0. The Bertz CT molecular complexity index is 1740. The number of sulfone groups is 1. The van der Waals surface area contributed by atoms with Gasteiger partial charge in [0.1, 0.15) is 11.6 Å². The summed E-state index contributed by atoms with van der Waals surface area (Å²) in [5.41, 5.74) is 1.81. The van der Waals surface area contributed by atoms with Crippen LogP contribution in [0.1, 0.15) is 36.3 Å². The van der Waals surface area contributed by atoms with Crippen molar-refractivity contribution in [2.24, 2.45) is 5.92 Å². The zero-order valence-electron chi connectivity index (χ0n) is 23.4. The van der Waals surface area contributed by atoms with Crippen molar-refractivity contribution in [1.82, 2.24) is 30.2 Å². The van der Waals surface area contributed by atoms with Crippen molar-refractivity contribution in [3.63, 3.8) is 0 Å². The van der Waals surface area contributed by atoms with Gasteiger partial charge in [-0.05, 0) is 103 Å². The number of piperidine rings is 1. The second-order valence-electron chi connectivity index (χ2n) is 10.8. The van der Waals surface area contributed by atoms with Crippen molar-refractivity contribution >= 4 is 19.9 Å². The maximum absolute atomic E-state index is 14.1. The molecule has 3 aromatic carbocycles. The van der Waals surface area contributed by atoms with Crippen LogP contribution in [0.4, 0.5) is 8.78 Å². The van der Waals surface area contributed by atoms with E-state index < -0.39 is 31.5 Å². The van der Waals surface area contributed by atoms with E-state index in [9.17, 15) is 25.6 Å². The summed E-state index contributed by atoms with van der Waals surface area (Å²) in [6, 6.07) is 16.3. The number of aromatic nitrogens is 4. The monoisotopic (exact) mass is 630 g/mol. The molecule has 1 fully saturated rings. The predicted molar refractivity (Wildman–Crippen MR) is 156 cm³/mol. The van der Waals surface area contributed by atoms with E-state index in [1.165, 1.54) is 36.4 Å². The minimum absolute atomic E-state index is 0.128. The normalized spacial score (nSPS) is 15.9. The van der Waals surface area contributed by atoms with E-state index in [0.717, 1.165) is 43.8 Å². The van der Waals surface area contributed by atoms with Crippen LogP contribution in [0.25, 0.3) is 11.4 Å². The number of nitrogens with zero attached hydrogens (tertiary/aromatic N) is 4. The summed E-state index contributed by atoms with van der Waals surface area (Å²) < 4.78 is 80.7. The maximum Gasteiger partial charge on any atom is 0.240 e. The van der Waals surface area contributed by atoms with Crippen LogP contribution < -0.4 is 4.72 Å². The number of sulfonamides is 1. The van der Waals surface area contributed by atoms with Crippen molar-refractivity contribution in [1.29, 1.82) is 0 Å². The summed E-state index contributed by atoms with van der Waals surface area (Å²) in [5.74, 6) is -1.15. The van der Waals surface area contributed by atoms with E-state index in [-0.39, 0.29) is 21.6 Å². The fraction of sp³-hybridized carbons (Fsp3) is 0.345. The molecule has 5 rings (SSSR count). The highest BCUT2D eigenvalue weighted by molar-refractivity contribution is 7.90. The second-order valence-corrected chi connectivity index (χ2v) is 14.6. The van der Waals surface area contributed by atoms with Gasteiger partial charge in [-0.3, -0.25) is 0 Å². The molecule has 1 aromatic heterocycles. The topological polar surface area (TPSA) is 138 Å². The Morgan fingerprint density at radius 1 is 0.930 bits per heavy atom. The molecule has 0 saturated carbocycles. The zero-order valence-corrected chi connectivity index (χ0v) is 25.1. The average molecular weight is 631 g/mol. The number of nitrogens with one attached hydrogen (secondary N) is 2. The molecular weight excluding hydrogens is 598 g/mol. The third-order valence-electron chi connectivity index (χ3n) is 7.76. The van der Waals surface area contributed by atoms with Crippen molar-refractivity contribution in [3.05, 3.63) is 89.5 Å². The summed E-state index contributed by atoms with van der Waals surface area (Å²) in [4.78, 5) is 2.56. The van der Waals surface area contributed by atoms with E-state index in [4.69, 9.17) is 0 Å². The van der Waals surface area contributed by atoms with Crippen LogP contribution in [0.5, 0.6) is 0 Å². The van der Waals surface area contributed by atoms with E-state index >= 15 is 0 Å². The minimum atomic E-state index is -3.73. The van der Waals surface area contributed by atoms with Crippen LogP contribution in [0.3, 0.4) is 0 Å². The van der Waals surface area contributed by atoms with Gasteiger partial charge in [-0.25, -0.2) is 35.4 Å². The van der Waals surface area contributed by atoms with Crippen molar-refractivity contribution < 1.29 is 25.6 Å². The highest BCUT2D eigenvalue weighted by Gasteiger charge is 2.24. The predicted octanol–water partition coefficient (Wildman–Crippen LogP) is 3.76. The fourth-order valence-electron chi connectivity index (χ4n) is 5.38. The molecule has 0 bridgehead atoms. The van der Waals surface area contributed by atoms with E-state index in [2.05, 4.69) is 30.2 Å². The van der Waals surface area contributed by atoms with Gasteiger partial charge in [0.2, 0.25) is 10.0 Å². The van der Waals surface area contributed by atoms with E-state index in [1.54, 1.807) is 24.3 Å². The first-order chi connectivity index (χ1) is 20.5. The Morgan fingerprint density at radius 2 is 1.63 bits per heavy atom. The number of hydrogen-bond acceptors (Lipinski definition) is 8. The number of halogens is 2. The number of benzene rings is 3. The number of H-pyrrole nitrogens is 1. The first-order valence-corrected chi connectivity index (χ1v) is 17.2. The van der Waals surface area contributed by atoms with Gasteiger partial charge in [-0.15, -0.1) is 5.10 Å². The largest absolute Gasteiger partial charge is 0.303 e. The lowest BCUT2D eigenvalue weighted by atomic mass is 9.87. The van der Waals surface area contributed by atoms with Crippen LogP contribution in [0, 0.1) is 17.6 Å². The quantitative estimate of drug-likeness (QED) is 0.256. The van der Waals surface area contributed by atoms with Gasteiger partial charge in [0.05, 0.1) is 9.79 Å². The third kappa shape index (κ3) is 7.88. The van der Waals surface area contributed by atoms with Crippen molar-refractivity contribution in [3.8, 4) is 11.4 Å². The molecule has 0 aliphatic carbocycles. The molecule has 0 radical (unpaired) electrons. The highest BCUT2D eigenvalue weighted by Crippen LogP contribution is 2.31. The van der Waals surface area contributed by atoms with Gasteiger partial charge in [0.25, 0.3) is 0 Å². The van der Waals surface area contributed by atoms with Crippen LogP contribution >= 0.6 is 0 Å². The van der Waals surface area contributed by atoms with Gasteiger partial charge >= 0.3 is 0 Å². The molecule has 228 valence electrons. The molecule has 1 saturated heterocycles. The molecule has 1 atom stereocenters. The zero-order chi connectivity index (χ0) is 30.6. The highest BCUT2D eigenvalue weighted by atomic mass is 32.2. The molecule has 0 unspecified atom stereocenters. The number of aromatic amines is 1. The van der Waals surface area contributed by atoms with E-state index in [0.29, 0.717) is 36.5 Å². The van der Waals surface area contributed by atoms with Crippen LogP contribution in [-0.2, 0) is 19.9 Å². The first kappa shape index (κ1) is 30.9. The minimum Gasteiger partial charge on any atom is -0.303 e. The Kier molecular flexibility index (Phi) is 9.30. The molecule has 10 nitrogen and oxygen atoms in total. The van der Waals surface area contributed by atoms with Crippen LogP contribution in [0.2, 0.25) is 0 Å². The molecule has 2 heterocycles. The maximum atomic E-state index is 14.1. The lowest BCUT2D eigenvalue weighted by Crippen LogP contribution is -2.39. The van der Waals surface area contributed by atoms with Gasteiger partial charge < -0.3 is 4.90 Å². The Morgan fingerprint density at radius 3 is 2.26 bits per heavy atom. The first-order valence-electron chi connectivity index (χ1n) is 13.8. The van der Waals surface area contributed by atoms with E-state index in [1.807, 2.05) is 0 Å². The molecule has 2 N–H and O–H groups in total. The summed E-state index contributed by atoms with van der Waals surface area (Å²) in [5, 5.41) is 13.5. The molecular formula is C29H32F2N6O4S2. The Hall–Kier alpha value is -3.59. The third-order valence-corrected chi connectivity index (χ3v) is 10.3. The van der Waals surface area contributed by atoms with Crippen molar-refractivity contribution in [2.45, 2.75) is 35.0 Å². The summed E-state index contributed by atoms with van der Waals surface area (Å²) in [6.45, 7) is 2.45. The van der Waals surface area contributed by atoms with Crippen LogP contribution in [0.15, 0.2) is 76.5 Å². The second kappa shape index (κ2) is 13.0. The lowest BCUT2D eigenvalue weighted by molar-refractivity contribution is 0.182. The summed E-state index contributed by atoms with van der Waals surface area (Å²) in [7, 11) is -7.11. The van der Waals surface area contributed by atoms with Gasteiger partial charge in [-0.2, -0.15) is 0 Å². The molecule has 0 amide bonds. The number of rotatable bonds is 11. The average Bonchev–Trinajstić information content (AvgIpc) is 3.52. The Balaban J connectivity index is 1.18. The molecule has 43 heavy (non-hydrogen) atoms.